The molecule has 2 saturated heterocycles. The Morgan fingerprint density at radius 1 is 1.38 bits per heavy atom. The van der Waals surface area contributed by atoms with E-state index in [1.807, 2.05) is 27.7 Å². The van der Waals surface area contributed by atoms with Gasteiger partial charge in [-0.05, 0) is 31.9 Å². The molecule has 0 unspecified atom stereocenters. The van der Waals surface area contributed by atoms with E-state index in [0.717, 1.165) is 5.57 Å². The van der Waals surface area contributed by atoms with Gasteiger partial charge in [-0.3, -0.25) is 9.59 Å². The normalized spacial score (nSPS) is 39.2. The molecule has 7 nitrogen and oxygen atoms in total. The number of epoxide rings is 1. The molecule has 1 aliphatic carbocycles. The number of esters is 3. The maximum atomic E-state index is 12.5. The number of carbonyl (C=O) groups is 3. The lowest BCUT2D eigenvalue weighted by Crippen LogP contribution is -2.39. The summed E-state index contributed by atoms with van der Waals surface area (Å²) in [4.78, 5) is 36.4. The highest BCUT2D eigenvalue weighted by Gasteiger charge is 2.58. The summed E-state index contributed by atoms with van der Waals surface area (Å²) in [5.74, 6) is -1.95. The van der Waals surface area contributed by atoms with Crippen molar-refractivity contribution in [2.75, 3.05) is 0 Å². The molecule has 3 aliphatic rings. The largest absolute Gasteiger partial charge is 0.461 e. The summed E-state index contributed by atoms with van der Waals surface area (Å²) in [6, 6.07) is 0. The predicted molar refractivity (Wildman–Crippen MR) is 104 cm³/mol. The molecule has 0 saturated carbocycles. The monoisotopic (exact) mass is 406 g/mol. The van der Waals surface area contributed by atoms with Crippen LogP contribution in [0, 0.1) is 11.8 Å². The Balaban J connectivity index is 1.96. The standard InChI is InChI=1S/C22H30O7/c1-7-11(2)20(24)28-17-10-22(6)18(29-22)9-15(26-14(5)23)12(3)8-16-19(17)13(4)21(25)27-16/h8,11,15-19H,4,7,9-10H2,1-3,5-6H3/b12-8-/t11-,15-,16+,17+,18+,19-,22+/m0/s1. The van der Waals surface area contributed by atoms with Gasteiger partial charge in [0.25, 0.3) is 0 Å². The first kappa shape index (κ1) is 21.6. The van der Waals surface area contributed by atoms with Crippen molar-refractivity contribution in [3.63, 3.8) is 0 Å². The van der Waals surface area contributed by atoms with Gasteiger partial charge in [0.05, 0.1) is 23.5 Å². The zero-order valence-corrected chi connectivity index (χ0v) is 17.7. The van der Waals surface area contributed by atoms with Gasteiger partial charge in [-0.2, -0.15) is 0 Å². The molecule has 3 rings (SSSR count). The van der Waals surface area contributed by atoms with Gasteiger partial charge in [-0.15, -0.1) is 0 Å². The SMILES string of the molecule is C=C1C(=O)O[C@@H]2/C=C(/C)[C@@H](OC(C)=O)C[C@H]3O[C@]3(C)C[C@@H](OC(=O)[C@@H](C)CC)[C@@H]12. The van der Waals surface area contributed by atoms with E-state index in [1.165, 1.54) is 6.92 Å². The number of hydrogen-bond donors (Lipinski definition) is 0. The third-order valence-corrected chi connectivity index (χ3v) is 6.26. The van der Waals surface area contributed by atoms with Crippen LogP contribution < -0.4 is 0 Å². The van der Waals surface area contributed by atoms with Gasteiger partial charge in [-0.1, -0.05) is 20.4 Å². The van der Waals surface area contributed by atoms with Crippen LogP contribution in [0.3, 0.4) is 0 Å². The predicted octanol–water partition coefficient (Wildman–Crippen LogP) is 2.87. The topological polar surface area (TPSA) is 91.4 Å². The van der Waals surface area contributed by atoms with Crippen LogP contribution >= 0.6 is 0 Å². The van der Waals surface area contributed by atoms with Crippen LogP contribution in [0.15, 0.2) is 23.8 Å². The summed E-state index contributed by atoms with van der Waals surface area (Å²) in [5, 5.41) is 0. The second kappa shape index (κ2) is 7.94. The summed E-state index contributed by atoms with van der Waals surface area (Å²) in [6.07, 6.45) is 1.52. The van der Waals surface area contributed by atoms with Gasteiger partial charge < -0.3 is 18.9 Å². The molecular formula is C22H30O7. The second-order valence-electron chi connectivity index (χ2n) is 8.57. The van der Waals surface area contributed by atoms with E-state index in [9.17, 15) is 14.4 Å². The lowest BCUT2D eigenvalue weighted by Gasteiger charge is -2.30. The van der Waals surface area contributed by atoms with E-state index in [0.29, 0.717) is 19.3 Å². The molecule has 0 N–H and O–H groups in total. The minimum Gasteiger partial charge on any atom is -0.461 e. The molecule has 0 amide bonds. The van der Waals surface area contributed by atoms with E-state index in [1.54, 1.807) is 6.08 Å². The summed E-state index contributed by atoms with van der Waals surface area (Å²) in [5.41, 5.74) is 0.517. The fraction of sp³-hybridized carbons (Fsp3) is 0.682. The summed E-state index contributed by atoms with van der Waals surface area (Å²) in [7, 11) is 0. The number of hydrogen-bond acceptors (Lipinski definition) is 7. The van der Waals surface area contributed by atoms with E-state index in [2.05, 4.69) is 6.58 Å². The van der Waals surface area contributed by atoms with Crippen molar-refractivity contribution < 1.29 is 33.3 Å². The Morgan fingerprint density at radius 3 is 2.69 bits per heavy atom. The molecule has 0 aromatic heterocycles. The average molecular weight is 406 g/mol. The van der Waals surface area contributed by atoms with Crippen LogP contribution in [0.1, 0.15) is 53.9 Å². The quantitative estimate of drug-likeness (QED) is 0.233. The van der Waals surface area contributed by atoms with Crippen LogP contribution in [0.5, 0.6) is 0 Å². The highest BCUT2D eigenvalue weighted by molar-refractivity contribution is 5.91. The molecule has 0 aromatic rings. The molecule has 0 bridgehead atoms. The lowest BCUT2D eigenvalue weighted by molar-refractivity contribution is -0.157. The van der Waals surface area contributed by atoms with Crippen molar-refractivity contribution in [1.29, 1.82) is 0 Å². The Morgan fingerprint density at radius 2 is 2.07 bits per heavy atom. The van der Waals surface area contributed by atoms with Crippen LogP contribution in [0.4, 0.5) is 0 Å². The molecule has 160 valence electrons. The highest BCUT2D eigenvalue weighted by atomic mass is 16.6. The van der Waals surface area contributed by atoms with Crippen molar-refractivity contribution in [3.8, 4) is 0 Å². The van der Waals surface area contributed by atoms with Gasteiger partial charge in [0, 0.05) is 25.3 Å². The zero-order chi connectivity index (χ0) is 21.5. The Kier molecular flexibility index (Phi) is 5.90. The number of rotatable bonds is 4. The minimum absolute atomic E-state index is 0.136. The maximum Gasteiger partial charge on any atom is 0.334 e. The van der Waals surface area contributed by atoms with Crippen LogP contribution in [0.2, 0.25) is 0 Å². The first-order valence-electron chi connectivity index (χ1n) is 10.2. The number of ether oxygens (including phenoxy) is 4. The average Bonchev–Trinajstić information content (AvgIpc) is 3.17. The lowest BCUT2D eigenvalue weighted by atomic mass is 9.82. The van der Waals surface area contributed by atoms with Crippen LogP contribution in [0.25, 0.3) is 0 Å². The van der Waals surface area contributed by atoms with E-state index in [4.69, 9.17) is 18.9 Å². The molecule has 0 spiro atoms. The maximum absolute atomic E-state index is 12.5. The fourth-order valence-corrected chi connectivity index (χ4v) is 4.11. The second-order valence-corrected chi connectivity index (χ2v) is 8.57. The summed E-state index contributed by atoms with van der Waals surface area (Å²) >= 11 is 0. The zero-order valence-electron chi connectivity index (χ0n) is 17.7. The molecule has 2 heterocycles. The van der Waals surface area contributed by atoms with Gasteiger partial charge in [0.2, 0.25) is 0 Å². The molecule has 7 atom stereocenters. The minimum atomic E-state index is -0.637. The van der Waals surface area contributed by atoms with Crippen LogP contribution in [-0.2, 0) is 33.3 Å². The number of fused-ring (bicyclic) bond motifs is 2. The van der Waals surface area contributed by atoms with Gasteiger partial charge in [0.1, 0.15) is 18.3 Å². The Hall–Kier alpha value is -2.15. The molecule has 2 fully saturated rings. The third kappa shape index (κ3) is 4.39. The molecule has 0 aromatic carbocycles. The fourth-order valence-electron chi connectivity index (χ4n) is 4.11. The van der Waals surface area contributed by atoms with Crippen molar-refractivity contribution >= 4 is 17.9 Å². The van der Waals surface area contributed by atoms with E-state index < -0.39 is 35.8 Å². The van der Waals surface area contributed by atoms with Gasteiger partial charge in [0.15, 0.2) is 0 Å². The molecular weight excluding hydrogens is 376 g/mol. The third-order valence-electron chi connectivity index (χ3n) is 6.26. The smallest absolute Gasteiger partial charge is 0.334 e. The van der Waals surface area contributed by atoms with Crippen molar-refractivity contribution in [2.24, 2.45) is 11.8 Å². The highest BCUT2D eigenvalue weighted by Crippen LogP contribution is 2.48. The molecule has 0 radical (unpaired) electrons. The molecule has 2 aliphatic heterocycles. The van der Waals surface area contributed by atoms with Crippen molar-refractivity contribution in [2.45, 2.75) is 83.9 Å². The van der Waals surface area contributed by atoms with E-state index >= 15 is 0 Å². The van der Waals surface area contributed by atoms with Crippen LogP contribution in [-0.4, -0.2) is 47.9 Å². The van der Waals surface area contributed by atoms with E-state index in [-0.39, 0.29) is 29.5 Å². The first-order valence-corrected chi connectivity index (χ1v) is 10.2. The Labute approximate surface area is 171 Å². The summed E-state index contributed by atoms with van der Waals surface area (Å²) in [6.45, 7) is 12.8. The first-order chi connectivity index (χ1) is 13.6. The molecule has 29 heavy (non-hydrogen) atoms. The Bertz CT molecular complexity index is 754. The van der Waals surface area contributed by atoms with Crippen molar-refractivity contribution in [3.05, 3.63) is 23.8 Å². The van der Waals surface area contributed by atoms with Gasteiger partial charge in [-0.25, -0.2) is 4.79 Å². The van der Waals surface area contributed by atoms with Gasteiger partial charge >= 0.3 is 17.9 Å². The summed E-state index contributed by atoms with van der Waals surface area (Å²) < 4.78 is 22.8. The molecule has 7 heteroatoms. The number of carbonyl (C=O) groups excluding carboxylic acids is 3. The van der Waals surface area contributed by atoms with Crippen molar-refractivity contribution in [1.82, 2.24) is 0 Å².